The number of nitrogens with one attached hydrogen (secondary N) is 3. The molecule has 0 spiro atoms. The van der Waals surface area contributed by atoms with Crippen LogP contribution in [0, 0.1) is 23.7 Å². The van der Waals surface area contributed by atoms with Crippen LogP contribution >= 0.6 is 12.6 Å². The zero-order valence-corrected chi connectivity index (χ0v) is 20.6. The highest BCUT2D eigenvalue weighted by molar-refractivity contribution is 7.96. The van der Waals surface area contributed by atoms with Crippen molar-refractivity contribution >= 4 is 35.7 Å². The molecule has 0 unspecified atom stereocenters. The van der Waals surface area contributed by atoms with E-state index in [-0.39, 0.29) is 30.3 Å². The normalized spacial score (nSPS) is 25.2. The molecule has 0 bridgehead atoms. The molecule has 2 aliphatic rings. The van der Waals surface area contributed by atoms with Crippen LogP contribution in [0.4, 0.5) is 4.79 Å². The Balaban J connectivity index is 1.92. The first-order chi connectivity index (χ1) is 15.1. The minimum atomic E-state index is -0.890. The Labute approximate surface area is 196 Å². The van der Waals surface area contributed by atoms with Crippen molar-refractivity contribution in [2.24, 2.45) is 23.7 Å². The maximum atomic E-state index is 12.9. The van der Waals surface area contributed by atoms with Gasteiger partial charge >= 0.3 is 6.09 Å². The first-order valence-electron chi connectivity index (χ1n) is 11.8. The number of thiol groups is 1. The fraction of sp³-hybridized carbons (Fsp3) is 0.826. The summed E-state index contributed by atoms with van der Waals surface area (Å²) in [5, 5.41) is 7.59. The quantitative estimate of drug-likeness (QED) is 0.368. The highest BCUT2D eigenvalue weighted by Crippen LogP contribution is 2.31. The van der Waals surface area contributed by atoms with Crippen LogP contribution in [0.2, 0.25) is 0 Å². The van der Waals surface area contributed by atoms with Gasteiger partial charge in [0.15, 0.2) is 0 Å². The van der Waals surface area contributed by atoms with Gasteiger partial charge in [0.05, 0.1) is 6.04 Å². The van der Waals surface area contributed by atoms with Crippen LogP contribution in [-0.4, -0.2) is 47.8 Å². The molecule has 182 valence electrons. The Kier molecular flexibility index (Phi) is 10.3. The minimum Gasteiger partial charge on any atom is -0.446 e. The molecule has 0 radical (unpaired) electrons. The van der Waals surface area contributed by atoms with Crippen LogP contribution in [0.25, 0.3) is 0 Å². The lowest BCUT2D eigenvalue weighted by Gasteiger charge is -2.31. The number of amides is 3. The molecule has 9 heteroatoms. The Morgan fingerprint density at radius 3 is 2.19 bits per heavy atom. The van der Waals surface area contributed by atoms with Gasteiger partial charge in [-0.1, -0.05) is 27.7 Å². The molecule has 0 aromatic carbocycles. The molecule has 1 aliphatic carbocycles. The van der Waals surface area contributed by atoms with E-state index in [1.165, 1.54) is 0 Å². The number of hydrogen-bond acceptors (Lipinski definition) is 5. The summed E-state index contributed by atoms with van der Waals surface area (Å²) in [5.41, 5.74) is 0. The molecule has 1 saturated carbocycles. The molecule has 2 fully saturated rings. The number of hydrogen-bond donors (Lipinski definition) is 4. The molecule has 3 amide bonds. The van der Waals surface area contributed by atoms with E-state index >= 15 is 0 Å². The van der Waals surface area contributed by atoms with Crippen LogP contribution in [0.1, 0.15) is 72.6 Å². The van der Waals surface area contributed by atoms with Crippen molar-refractivity contribution < 1.29 is 23.9 Å². The lowest BCUT2D eigenvalue weighted by Crippen LogP contribution is -2.52. The van der Waals surface area contributed by atoms with Gasteiger partial charge in [0.1, 0.15) is 12.1 Å². The number of carbonyl (C=O) groups excluding carboxylic acids is 4. The summed E-state index contributed by atoms with van der Waals surface area (Å²) in [6.45, 7) is 8.90. The number of alkyl carbamates (subject to hydrolysis) is 1. The number of carbonyl (C=O) groups is 4. The Hall–Kier alpha value is -1.77. The fourth-order valence-electron chi connectivity index (χ4n) is 4.55. The Morgan fingerprint density at radius 2 is 1.69 bits per heavy atom. The predicted octanol–water partition coefficient (Wildman–Crippen LogP) is 2.81. The largest absolute Gasteiger partial charge is 0.446 e. The SMILES string of the molecule is CC(C)C[C@H](NC(=O)OC1CCC(C(C)C)CC1)C(=O)N[C@@H](C[C@@H]1CCNC1=O)C(=O)S. The zero-order valence-electron chi connectivity index (χ0n) is 19.7. The van der Waals surface area contributed by atoms with E-state index in [0.717, 1.165) is 25.7 Å². The summed E-state index contributed by atoms with van der Waals surface area (Å²) in [7, 11) is 0. The summed E-state index contributed by atoms with van der Waals surface area (Å²) in [6.07, 6.45) is 4.19. The third-order valence-electron chi connectivity index (χ3n) is 6.55. The van der Waals surface area contributed by atoms with E-state index in [0.29, 0.717) is 31.2 Å². The smallest absolute Gasteiger partial charge is 0.408 e. The summed E-state index contributed by atoms with van der Waals surface area (Å²) in [6, 6.07) is -1.72. The molecular weight excluding hydrogens is 430 g/mol. The van der Waals surface area contributed by atoms with Crippen LogP contribution in [0.3, 0.4) is 0 Å². The second kappa shape index (κ2) is 12.5. The van der Waals surface area contributed by atoms with Crippen molar-refractivity contribution in [1.29, 1.82) is 0 Å². The van der Waals surface area contributed by atoms with E-state index in [2.05, 4.69) is 42.4 Å². The van der Waals surface area contributed by atoms with E-state index in [1.54, 1.807) is 0 Å². The summed E-state index contributed by atoms with van der Waals surface area (Å²) >= 11 is 3.89. The van der Waals surface area contributed by atoms with Crippen molar-refractivity contribution in [2.75, 3.05) is 6.54 Å². The molecule has 0 aromatic rings. The highest BCUT2D eigenvalue weighted by atomic mass is 32.1. The van der Waals surface area contributed by atoms with Gasteiger partial charge in [0.2, 0.25) is 16.9 Å². The fourth-order valence-corrected chi connectivity index (χ4v) is 4.72. The van der Waals surface area contributed by atoms with Gasteiger partial charge in [0.25, 0.3) is 0 Å². The number of rotatable bonds is 10. The summed E-state index contributed by atoms with van der Waals surface area (Å²) < 4.78 is 5.59. The molecule has 0 aromatic heterocycles. The lowest BCUT2D eigenvalue weighted by atomic mass is 9.80. The van der Waals surface area contributed by atoms with Crippen molar-refractivity contribution in [3.8, 4) is 0 Å². The van der Waals surface area contributed by atoms with Crippen LogP contribution in [0.15, 0.2) is 0 Å². The molecule has 32 heavy (non-hydrogen) atoms. The summed E-state index contributed by atoms with van der Waals surface area (Å²) in [4.78, 5) is 49.3. The summed E-state index contributed by atoms with van der Waals surface area (Å²) in [5.74, 6) is 0.505. The monoisotopic (exact) mass is 469 g/mol. The van der Waals surface area contributed by atoms with E-state index in [1.807, 2.05) is 13.8 Å². The predicted molar refractivity (Wildman–Crippen MR) is 125 cm³/mol. The molecule has 3 atom stereocenters. The standard InChI is InChI=1S/C23H39N3O5S/c1-13(2)11-18(26-23(30)31-17-7-5-15(6-8-17)14(3)4)21(28)25-19(22(29)32)12-16-9-10-24-20(16)27/h13-19H,5-12H2,1-4H3,(H,24,27)(H,25,28)(H,26,30)(H,29,32)/t15?,16-,17?,18-,19-/m0/s1. The Morgan fingerprint density at radius 1 is 1.03 bits per heavy atom. The van der Waals surface area contributed by atoms with Gasteiger partial charge < -0.3 is 20.7 Å². The molecule has 2 rings (SSSR count). The second-order valence-corrected chi connectivity index (χ2v) is 10.4. The molecule has 1 heterocycles. The minimum absolute atomic E-state index is 0.119. The van der Waals surface area contributed by atoms with Gasteiger partial charge in [-0.25, -0.2) is 4.79 Å². The van der Waals surface area contributed by atoms with Crippen molar-refractivity contribution in [2.45, 2.75) is 90.8 Å². The highest BCUT2D eigenvalue weighted by Gasteiger charge is 2.33. The van der Waals surface area contributed by atoms with Gasteiger partial charge in [-0.3, -0.25) is 14.4 Å². The lowest BCUT2D eigenvalue weighted by molar-refractivity contribution is -0.128. The maximum Gasteiger partial charge on any atom is 0.408 e. The first-order valence-corrected chi connectivity index (χ1v) is 12.3. The second-order valence-electron chi connectivity index (χ2n) is 9.92. The molecular formula is C23H39N3O5S. The average Bonchev–Trinajstić information content (AvgIpc) is 3.11. The topological polar surface area (TPSA) is 114 Å². The van der Waals surface area contributed by atoms with E-state index < -0.39 is 29.2 Å². The van der Waals surface area contributed by atoms with E-state index in [4.69, 9.17) is 4.74 Å². The first kappa shape index (κ1) is 26.5. The molecule has 3 N–H and O–H groups in total. The van der Waals surface area contributed by atoms with Crippen LogP contribution in [0.5, 0.6) is 0 Å². The van der Waals surface area contributed by atoms with Crippen molar-refractivity contribution in [3.63, 3.8) is 0 Å². The van der Waals surface area contributed by atoms with Crippen LogP contribution in [-0.2, 0) is 19.1 Å². The number of ether oxygens (including phenoxy) is 1. The molecule has 8 nitrogen and oxygen atoms in total. The van der Waals surface area contributed by atoms with Gasteiger partial charge in [-0.2, -0.15) is 0 Å². The third-order valence-corrected chi connectivity index (χ3v) is 6.86. The Bertz CT molecular complexity index is 677. The van der Waals surface area contributed by atoms with Crippen LogP contribution < -0.4 is 16.0 Å². The van der Waals surface area contributed by atoms with Gasteiger partial charge in [-0.15, -0.1) is 12.6 Å². The average molecular weight is 470 g/mol. The van der Waals surface area contributed by atoms with Gasteiger partial charge in [-0.05, 0) is 62.7 Å². The maximum absolute atomic E-state index is 12.9. The van der Waals surface area contributed by atoms with Crippen molar-refractivity contribution in [3.05, 3.63) is 0 Å². The van der Waals surface area contributed by atoms with Crippen molar-refractivity contribution in [1.82, 2.24) is 16.0 Å². The molecule has 1 aliphatic heterocycles. The van der Waals surface area contributed by atoms with E-state index in [9.17, 15) is 19.2 Å². The zero-order chi connectivity index (χ0) is 23.8. The third kappa shape index (κ3) is 8.30. The molecule has 1 saturated heterocycles. The van der Waals surface area contributed by atoms with Gasteiger partial charge in [0, 0.05) is 12.5 Å².